The van der Waals surface area contributed by atoms with Gasteiger partial charge < -0.3 is 19.5 Å². The van der Waals surface area contributed by atoms with Crippen LogP contribution in [0, 0.1) is 0 Å². The second kappa shape index (κ2) is 10.6. The van der Waals surface area contributed by atoms with E-state index in [-0.39, 0.29) is 37.0 Å². The van der Waals surface area contributed by atoms with Gasteiger partial charge in [-0.2, -0.15) is 0 Å². The Morgan fingerprint density at radius 2 is 1.69 bits per heavy atom. The second-order valence-electron chi connectivity index (χ2n) is 9.51. The fourth-order valence-corrected chi connectivity index (χ4v) is 4.93. The Kier molecular flexibility index (Phi) is 6.69. The Hall–Kier alpha value is -4.69. The van der Waals surface area contributed by atoms with E-state index in [1.165, 1.54) is 4.90 Å². The third-order valence-electron chi connectivity index (χ3n) is 6.81. The molecule has 8 nitrogen and oxygen atoms in total. The molecule has 2 aliphatic rings. The van der Waals surface area contributed by atoms with Gasteiger partial charge >= 0.3 is 0 Å². The molecule has 0 spiro atoms. The van der Waals surface area contributed by atoms with E-state index in [0.29, 0.717) is 40.7 Å². The molecular weight excluding hydrogens is 496 g/mol. The number of carbonyl (C=O) groups excluding carboxylic acids is 3. The first-order valence-electron chi connectivity index (χ1n) is 12.9. The Morgan fingerprint density at radius 3 is 2.56 bits per heavy atom. The second-order valence-corrected chi connectivity index (χ2v) is 9.51. The predicted octanol–water partition coefficient (Wildman–Crippen LogP) is 5.42. The molecule has 39 heavy (non-hydrogen) atoms. The maximum absolute atomic E-state index is 12.9. The van der Waals surface area contributed by atoms with Crippen LogP contribution < -0.4 is 14.8 Å². The van der Waals surface area contributed by atoms with E-state index in [2.05, 4.69) is 5.32 Å². The summed E-state index contributed by atoms with van der Waals surface area (Å²) in [6.45, 7) is 0.763. The van der Waals surface area contributed by atoms with Gasteiger partial charge in [0.2, 0.25) is 0 Å². The number of hydrogen-bond donors (Lipinski definition) is 1. The highest BCUT2D eigenvalue weighted by Gasteiger charge is 2.37. The van der Waals surface area contributed by atoms with Crippen LogP contribution in [0.4, 0.5) is 5.69 Å². The first-order valence-corrected chi connectivity index (χ1v) is 12.9. The van der Waals surface area contributed by atoms with E-state index in [1.54, 1.807) is 42.5 Å². The molecule has 196 valence electrons. The van der Waals surface area contributed by atoms with Gasteiger partial charge in [-0.3, -0.25) is 19.3 Å². The number of fused-ring (bicyclic) bond motifs is 2. The molecule has 0 aromatic heterocycles. The summed E-state index contributed by atoms with van der Waals surface area (Å²) in [4.78, 5) is 39.6. The topological polar surface area (TPSA) is 94.2 Å². The fraction of sp³-hybridized carbons (Fsp3) is 0.194. The summed E-state index contributed by atoms with van der Waals surface area (Å²) in [6.07, 6.45) is 1.66. The van der Waals surface area contributed by atoms with E-state index < -0.39 is 0 Å². The predicted molar refractivity (Wildman–Crippen MR) is 145 cm³/mol. The molecule has 2 aliphatic heterocycles. The molecule has 1 atom stereocenters. The molecule has 4 aromatic rings. The van der Waals surface area contributed by atoms with Gasteiger partial charge in [0.15, 0.2) is 6.61 Å². The van der Waals surface area contributed by atoms with Crippen molar-refractivity contribution in [2.45, 2.75) is 18.9 Å². The van der Waals surface area contributed by atoms with Crippen LogP contribution in [-0.2, 0) is 9.53 Å². The van der Waals surface area contributed by atoms with Gasteiger partial charge in [-0.05, 0) is 54.6 Å². The number of benzene rings is 4. The molecule has 6 rings (SSSR count). The van der Waals surface area contributed by atoms with E-state index in [0.717, 1.165) is 23.6 Å². The van der Waals surface area contributed by atoms with E-state index in [1.807, 2.05) is 42.5 Å². The first kappa shape index (κ1) is 24.6. The summed E-state index contributed by atoms with van der Waals surface area (Å²) >= 11 is 0. The number of hydrogen-bond acceptors (Lipinski definition) is 6. The molecule has 3 amide bonds. The van der Waals surface area contributed by atoms with Gasteiger partial charge in [-0.1, -0.05) is 42.5 Å². The van der Waals surface area contributed by atoms with Crippen LogP contribution in [-0.4, -0.2) is 48.5 Å². The van der Waals surface area contributed by atoms with Crippen LogP contribution in [0.25, 0.3) is 10.8 Å². The summed E-state index contributed by atoms with van der Waals surface area (Å²) in [5.41, 5.74) is 1.21. The van der Waals surface area contributed by atoms with Crippen molar-refractivity contribution in [2.75, 3.05) is 25.1 Å². The number of nitrogens with zero attached hydrogens (tertiary/aromatic N) is 1. The Balaban J connectivity index is 1.09. The highest BCUT2D eigenvalue weighted by atomic mass is 16.5. The van der Waals surface area contributed by atoms with Crippen LogP contribution in [0.3, 0.4) is 0 Å². The third kappa shape index (κ3) is 5.19. The van der Waals surface area contributed by atoms with Crippen molar-refractivity contribution in [3.63, 3.8) is 0 Å². The number of ether oxygens (including phenoxy) is 3. The minimum Gasteiger partial charge on any atom is -0.483 e. The molecule has 0 bridgehead atoms. The Labute approximate surface area is 225 Å². The number of nitrogens with one attached hydrogen (secondary N) is 1. The summed E-state index contributed by atoms with van der Waals surface area (Å²) < 4.78 is 17.3. The SMILES string of the molecule is O=C(COc1cccc2ccccc12)Nc1cccc(Oc2ccc3c(c2)C(=O)N(CC2CCCO2)C3=O)c1. The van der Waals surface area contributed by atoms with Crippen molar-refractivity contribution in [3.05, 3.63) is 96.1 Å². The zero-order valence-corrected chi connectivity index (χ0v) is 21.1. The standard InChI is InChI=1S/C31H26N2O6/c34-29(19-38-28-12-3-7-20-6-1-2-11-25(20)28)32-21-8-4-9-22(16-21)39-23-13-14-26-27(17-23)31(36)33(30(26)35)18-24-10-5-15-37-24/h1-4,6-9,11-14,16-17,24H,5,10,15,18-19H2,(H,32,34). The maximum Gasteiger partial charge on any atom is 0.262 e. The molecule has 0 saturated carbocycles. The fourth-order valence-electron chi connectivity index (χ4n) is 4.93. The quantitative estimate of drug-likeness (QED) is 0.311. The molecular formula is C31H26N2O6. The number of amides is 3. The summed E-state index contributed by atoms with van der Waals surface area (Å²) in [7, 11) is 0. The van der Waals surface area contributed by atoms with Crippen LogP contribution in [0.2, 0.25) is 0 Å². The molecule has 4 aromatic carbocycles. The third-order valence-corrected chi connectivity index (χ3v) is 6.81. The molecule has 0 radical (unpaired) electrons. The lowest BCUT2D eigenvalue weighted by Crippen LogP contribution is -2.36. The van der Waals surface area contributed by atoms with Crippen molar-refractivity contribution in [2.24, 2.45) is 0 Å². The van der Waals surface area contributed by atoms with Gasteiger partial charge in [0.25, 0.3) is 17.7 Å². The Bertz CT molecular complexity index is 1570. The molecule has 1 fully saturated rings. The highest BCUT2D eigenvalue weighted by Crippen LogP contribution is 2.31. The van der Waals surface area contributed by atoms with Crippen molar-refractivity contribution in [1.29, 1.82) is 0 Å². The zero-order valence-electron chi connectivity index (χ0n) is 21.1. The smallest absolute Gasteiger partial charge is 0.262 e. The average molecular weight is 523 g/mol. The minimum absolute atomic E-state index is 0.113. The van der Waals surface area contributed by atoms with Gasteiger partial charge in [-0.15, -0.1) is 0 Å². The number of imide groups is 1. The minimum atomic E-state index is -0.344. The van der Waals surface area contributed by atoms with Crippen LogP contribution in [0.15, 0.2) is 84.9 Å². The number of anilines is 1. The highest BCUT2D eigenvalue weighted by molar-refractivity contribution is 6.21. The van der Waals surface area contributed by atoms with Gasteiger partial charge in [0, 0.05) is 23.7 Å². The van der Waals surface area contributed by atoms with Crippen LogP contribution in [0.1, 0.15) is 33.6 Å². The lowest BCUT2D eigenvalue weighted by atomic mass is 10.1. The lowest BCUT2D eigenvalue weighted by molar-refractivity contribution is -0.118. The van der Waals surface area contributed by atoms with Crippen molar-refractivity contribution >= 4 is 34.2 Å². The Morgan fingerprint density at radius 1 is 0.897 bits per heavy atom. The summed E-state index contributed by atoms with van der Waals surface area (Å²) in [5, 5.41) is 4.79. The van der Waals surface area contributed by atoms with Gasteiger partial charge in [-0.25, -0.2) is 0 Å². The van der Waals surface area contributed by atoms with Crippen molar-refractivity contribution in [3.8, 4) is 17.2 Å². The lowest BCUT2D eigenvalue weighted by Gasteiger charge is -2.17. The molecule has 1 saturated heterocycles. The van der Waals surface area contributed by atoms with Crippen LogP contribution in [0.5, 0.6) is 17.2 Å². The van der Waals surface area contributed by atoms with Gasteiger partial charge in [0.05, 0.1) is 23.8 Å². The van der Waals surface area contributed by atoms with E-state index >= 15 is 0 Å². The molecule has 2 heterocycles. The van der Waals surface area contributed by atoms with E-state index in [9.17, 15) is 14.4 Å². The summed E-state index contributed by atoms with van der Waals surface area (Å²) in [5.74, 6) is 0.551. The van der Waals surface area contributed by atoms with Gasteiger partial charge in [0.1, 0.15) is 17.2 Å². The maximum atomic E-state index is 12.9. The average Bonchev–Trinajstić information content (AvgIpc) is 3.55. The molecule has 1 unspecified atom stereocenters. The molecule has 8 heteroatoms. The zero-order chi connectivity index (χ0) is 26.8. The van der Waals surface area contributed by atoms with Crippen LogP contribution >= 0.6 is 0 Å². The largest absolute Gasteiger partial charge is 0.483 e. The van der Waals surface area contributed by atoms with Crippen molar-refractivity contribution < 1.29 is 28.6 Å². The number of carbonyl (C=O) groups is 3. The number of rotatable bonds is 8. The summed E-state index contributed by atoms with van der Waals surface area (Å²) in [6, 6.07) is 25.3. The molecule has 0 aliphatic carbocycles. The van der Waals surface area contributed by atoms with Crippen molar-refractivity contribution in [1.82, 2.24) is 4.90 Å². The monoisotopic (exact) mass is 522 g/mol. The normalized spacial score (nSPS) is 16.4. The first-order chi connectivity index (χ1) is 19.0. The molecule has 1 N–H and O–H groups in total. The van der Waals surface area contributed by atoms with E-state index in [4.69, 9.17) is 14.2 Å².